The van der Waals surface area contributed by atoms with Crippen molar-refractivity contribution in [1.82, 2.24) is 4.90 Å². The van der Waals surface area contributed by atoms with E-state index in [9.17, 15) is 14.7 Å². The van der Waals surface area contributed by atoms with E-state index < -0.39 is 11.1 Å². The fraction of sp³-hybridized carbons (Fsp3) is 0.263. The number of nitrogens with zero attached hydrogens (tertiary/aromatic N) is 1. The van der Waals surface area contributed by atoms with Gasteiger partial charge in [0.15, 0.2) is 11.5 Å². The third kappa shape index (κ3) is 1.44. The molecule has 4 heteroatoms. The van der Waals surface area contributed by atoms with Crippen LogP contribution in [-0.2, 0) is 15.9 Å². The van der Waals surface area contributed by atoms with Crippen molar-refractivity contribution in [2.24, 2.45) is 0 Å². The molecule has 2 aliphatic rings. The Morgan fingerprint density at radius 3 is 2.39 bits per heavy atom. The van der Waals surface area contributed by atoms with Gasteiger partial charge in [0.2, 0.25) is 5.91 Å². The van der Waals surface area contributed by atoms with Crippen LogP contribution in [0.25, 0.3) is 0 Å². The van der Waals surface area contributed by atoms with Gasteiger partial charge in [0.1, 0.15) is 5.41 Å². The second-order valence-electron chi connectivity index (χ2n) is 6.13. The molecule has 0 unspecified atom stereocenters. The first kappa shape index (κ1) is 14.2. The zero-order valence-corrected chi connectivity index (χ0v) is 12.8. The van der Waals surface area contributed by atoms with Gasteiger partial charge in [-0.15, -0.1) is 0 Å². The van der Waals surface area contributed by atoms with Crippen molar-refractivity contribution in [3.8, 4) is 0 Å². The van der Waals surface area contributed by atoms with Crippen molar-refractivity contribution in [3.05, 3.63) is 71.3 Å². The van der Waals surface area contributed by atoms with Crippen molar-refractivity contribution in [3.63, 3.8) is 0 Å². The summed E-state index contributed by atoms with van der Waals surface area (Å²) in [4.78, 5) is 27.3. The molecule has 1 saturated heterocycles. The predicted molar refractivity (Wildman–Crippen MR) is 84.8 cm³/mol. The second kappa shape index (κ2) is 4.52. The fourth-order valence-corrected chi connectivity index (χ4v) is 4.25. The van der Waals surface area contributed by atoms with E-state index >= 15 is 0 Å². The van der Waals surface area contributed by atoms with Gasteiger partial charge in [0.25, 0.3) is 0 Å². The minimum Gasteiger partial charge on any atom is -0.366 e. The van der Waals surface area contributed by atoms with Gasteiger partial charge in [-0.05, 0) is 12.5 Å². The first-order valence-corrected chi connectivity index (χ1v) is 7.80. The minimum absolute atomic E-state index is 0.00509. The molecule has 0 saturated carbocycles. The van der Waals surface area contributed by atoms with E-state index in [4.69, 9.17) is 0 Å². The molecule has 4 rings (SSSR count). The highest BCUT2D eigenvalue weighted by molar-refractivity contribution is 6.14. The fourth-order valence-electron chi connectivity index (χ4n) is 4.25. The number of ketones is 1. The third-order valence-corrected chi connectivity index (χ3v) is 5.22. The highest BCUT2D eigenvalue weighted by Gasteiger charge is 2.71. The average Bonchev–Trinajstić information content (AvgIpc) is 2.93. The maximum absolute atomic E-state index is 13.3. The van der Waals surface area contributed by atoms with Crippen molar-refractivity contribution < 1.29 is 14.7 Å². The molecule has 1 fully saturated rings. The lowest BCUT2D eigenvalue weighted by molar-refractivity contribution is -0.151. The molecule has 2 atom stereocenters. The van der Waals surface area contributed by atoms with Crippen molar-refractivity contribution in [2.75, 3.05) is 6.54 Å². The average molecular weight is 307 g/mol. The number of likely N-dealkylation sites (N-methyl/N-ethyl adjacent to an activating group) is 1. The van der Waals surface area contributed by atoms with E-state index in [1.165, 1.54) is 4.90 Å². The number of aliphatic hydroxyl groups is 1. The summed E-state index contributed by atoms with van der Waals surface area (Å²) in [5.74, 6) is -0.368. The van der Waals surface area contributed by atoms with Crippen molar-refractivity contribution in [2.45, 2.75) is 24.5 Å². The molecule has 23 heavy (non-hydrogen) atoms. The summed E-state index contributed by atoms with van der Waals surface area (Å²) in [6, 6.07) is 16.2. The Hall–Kier alpha value is -2.46. The van der Waals surface area contributed by atoms with Crippen LogP contribution in [0, 0.1) is 0 Å². The minimum atomic E-state index is -1.62. The van der Waals surface area contributed by atoms with Crippen LogP contribution in [0.5, 0.6) is 0 Å². The monoisotopic (exact) mass is 307 g/mol. The molecule has 1 N–H and O–H groups in total. The Bertz CT molecular complexity index is 816. The molecule has 4 nitrogen and oxygen atoms in total. The van der Waals surface area contributed by atoms with Crippen LogP contribution in [0.15, 0.2) is 54.6 Å². The molecule has 0 spiro atoms. The number of fused-ring (bicyclic) bond motifs is 3. The summed E-state index contributed by atoms with van der Waals surface area (Å²) in [6.45, 7) is 2.17. The van der Waals surface area contributed by atoms with Crippen LogP contribution >= 0.6 is 0 Å². The molecule has 0 aromatic heterocycles. The summed E-state index contributed by atoms with van der Waals surface area (Å²) in [6.07, 6.45) is -0.00509. The van der Waals surface area contributed by atoms with Gasteiger partial charge in [-0.1, -0.05) is 54.6 Å². The van der Waals surface area contributed by atoms with E-state index in [0.29, 0.717) is 23.2 Å². The first-order chi connectivity index (χ1) is 11.1. The molecule has 0 radical (unpaired) electrons. The van der Waals surface area contributed by atoms with Gasteiger partial charge in [-0.3, -0.25) is 9.59 Å². The maximum atomic E-state index is 13.3. The number of hydrogen-bond donors (Lipinski definition) is 1. The Morgan fingerprint density at radius 1 is 1.04 bits per heavy atom. The first-order valence-electron chi connectivity index (χ1n) is 7.80. The molecule has 0 bridgehead atoms. The van der Waals surface area contributed by atoms with Gasteiger partial charge in [-0.2, -0.15) is 0 Å². The number of amides is 1. The van der Waals surface area contributed by atoms with Crippen molar-refractivity contribution in [1.29, 1.82) is 0 Å². The number of carbonyl (C=O) groups is 2. The zero-order valence-electron chi connectivity index (χ0n) is 12.8. The van der Waals surface area contributed by atoms with Crippen molar-refractivity contribution >= 4 is 11.7 Å². The number of Topliss-reactive ketones (excluding diaryl/α,β-unsaturated/α-hetero) is 1. The summed E-state index contributed by atoms with van der Waals surface area (Å²) >= 11 is 0. The van der Waals surface area contributed by atoms with Crippen LogP contribution in [-0.4, -0.2) is 28.2 Å². The van der Waals surface area contributed by atoms with Gasteiger partial charge < -0.3 is 10.0 Å². The van der Waals surface area contributed by atoms with Gasteiger partial charge in [0.05, 0.1) is 0 Å². The number of likely N-dealkylation sites (tertiary alicyclic amines) is 1. The SMILES string of the molecule is CCN1C(=O)C[C@]2(c3ccccc3)C(=O)c3ccccc3[C@@]12O. The van der Waals surface area contributed by atoms with E-state index in [-0.39, 0.29) is 18.1 Å². The van der Waals surface area contributed by atoms with Crippen LogP contribution in [0.4, 0.5) is 0 Å². The largest absolute Gasteiger partial charge is 0.366 e. The van der Waals surface area contributed by atoms with E-state index in [1.807, 2.05) is 37.3 Å². The third-order valence-electron chi connectivity index (χ3n) is 5.22. The summed E-state index contributed by atoms with van der Waals surface area (Å²) in [5, 5.41) is 11.7. The topological polar surface area (TPSA) is 57.6 Å². The lowest BCUT2D eigenvalue weighted by Gasteiger charge is -2.39. The number of carbonyl (C=O) groups excluding carboxylic acids is 2. The van der Waals surface area contributed by atoms with Crippen LogP contribution in [0.1, 0.15) is 34.8 Å². The quantitative estimate of drug-likeness (QED) is 0.925. The van der Waals surface area contributed by atoms with E-state index in [2.05, 4.69) is 0 Å². The predicted octanol–water partition coefficient (Wildman–Crippen LogP) is 2.22. The molecular weight excluding hydrogens is 290 g/mol. The summed E-state index contributed by atoms with van der Waals surface area (Å²) < 4.78 is 0. The van der Waals surface area contributed by atoms with Gasteiger partial charge in [-0.25, -0.2) is 0 Å². The Kier molecular flexibility index (Phi) is 2.78. The number of hydrogen-bond acceptors (Lipinski definition) is 3. The molecule has 1 aliphatic carbocycles. The number of benzene rings is 2. The molecule has 1 heterocycles. The van der Waals surface area contributed by atoms with Crippen LogP contribution in [0.2, 0.25) is 0 Å². The van der Waals surface area contributed by atoms with Gasteiger partial charge in [0, 0.05) is 24.1 Å². The standard InChI is InChI=1S/C19H17NO3/c1-2-20-16(21)12-18(13-8-4-3-5-9-13)17(22)14-10-6-7-11-15(14)19(18,20)23/h3-11,23H,2,12H2,1H3/t18-,19-/m0/s1. The second-order valence-corrected chi connectivity index (χ2v) is 6.13. The Morgan fingerprint density at radius 2 is 1.70 bits per heavy atom. The normalized spacial score (nSPS) is 28.9. The van der Waals surface area contributed by atoms with Gasteiger partial charge >= 0.3 is 0 Å². The lowest BCUT2D eigenvalue weighted by atomic mass is 9.71. The Labute approximate surface area is 134 Å². The van der Waals surface area contributed by atoms with Crippen LogP contribution < -0.4 is 0 Å². The lowest BCUT2D eigenvalue weighted by Crippen LogP contribution is -2.53. The van der Waals surface area contributed by atoms with E-state index in [0.717, 1.165) is 0 Å². The molecule has 2 aromatic carbocycles. The van der Waals surface area contributed by atoms with E-state index in [1.54, 1.807) is 24.3 Å². The molecular formula is C19H17NO3. The molecule has 116 valence electrons. The summed E-state index contributed by atoms with van der Waals surface area (Å²) in [7, 11) is 0. The highest BCUT2D eigenvalue weighted by Crippen LogP contribution is 2.59. The molecule has 1 aliphatic heterocycles. The van der Waals surface area contributed by atoms with Crippen LogP contribution in [0.3, 0.4) is 0 Å². The Balaban J connectivity index is 2.08. The molecule has 2 aromatic rings. The smallest absolute Gasteiger partial charge is 0.226 e. The maximum Gasteiger partial charge on any atom is 0.226 e. The zero-order chi connectivity index (χ0) is 16.2. The highest BCUT2D eigenvalue weighted by atomic mass is 16.3. The summed E-state index contributed by atoms with van der Waals surface area (Å²) in [5.41, 5.74) is -1.15. The number of rotatable bonds is 2. The molecule has 1 amide bonds.